The van der Waals surface area contributed by atoms with Crippen molar-refractivity contribution in [1.29, 1.82) is 0 Å². The first-order valence-electron chi connectivity index (χ1n) is 6.24. The van der Waals surface area contributed by atoms with Gasteiger partial charge in [-0.25, -0.2) is 4.79 Å². The van der Waals surface area contributed by atoms with E-state index in [9.17, 15) is 9.59 Å². The van der Waals surface area contributed by atoms with Crippen molar-refractivity contribution in [1.82, 2.24) is 0 Å². The van der Waals surface area contributed by atoms with Crippen LogP contribution in [0.5, 0.6) is 5.75 Å². The van der Waals surface area contributed by atoms with Crippen molar-refractivity contribution >= 4 is 40.7 Å². The summed E-state index contributed by atoms with van der Waals surface area (Å²) < 4.78 is 5.37. The SMILES string of the molecule is NC(=O)Nc1ccc(C(=O)COc2cccc(Cl)c2Cl)cc1. The number of nitrogens with one attached hydrogen (secondary N) is 1. The molecule has 2 aromatic rings. The molecule has 0 atom stereocenters. The molecule has 114 valence electrons. The predicted octanol–water partition coefficient (Wildman–Crippen LogP) is 3.75. The van der Waals surface area contributed by atoms with Crippen molar-refractivity contribution in [3.63, 3.8) is 0 Å². The Kier molecular flexibility index (Phi) is 5.25. The molecule has 0 saturated carbocycles. The summed E-state index contributed by atoms with van der Waals surface area (Å²) in [6, 6.07) is 10.5. The van der Waals surface area contributed by atoms with E-state index < -0.39 is 6.03 Å². The number of hydrogen-bond acceptors (Lipinski definition) is 3. The number of ketones is 1. The van der Waals surface area contributed by atoms with Crippen LogP contribution in [0.25, 0.3) is 0 Å². The Morgan fingerprint density at radius 3 is 2.41 bits per heavy atom. The fourth-order valence-corrected chi connectivity index (χ4v) is 2.05. The van der Waals surface area contributed by atoms with Crippen LogP contribution in [0.4, 0.5) is 10.5 Å². The van der Waals surface area contributed by atoms with Crippen LogP contribution in [0, 0.1) is 0 Å². The number of amides is 2. The summed E-state index contributed by atoms with van der Waals surface area (Å²) >= 11 is 11.8. The van der Waals surface area contributed by atoms with E-state index in [4.69, 9.17) is 33.7 Å². The fraction of sp³-hybridized carbons (Fsp3) is 0.0667. The number of primary amides is 1. The number of hydrogen-bond donors (Lipinski definition) is 2. The van der Waals surface area contributed by atoms with Crippen molar-refractivity contribution in [2.24, 2.45) is 5.73 Å². The van der Waals surface area contributed by atoms with Gasteiger partial charge in [0.1, 0.15) is 10.8 Å². The Hall–Kier alpha value is -2.24. The van der Waals surface area contributed by atoms with Crippen LogP contribution in [0.2, 0.25) is 10.0 Å². The van der Waals surface area contributed by atoms with E-state index in [2.05, 4.69) is 5.32 Å². The Labute approximate surface area is 137 Å². The summed E-state index contributed by atoms with van der Waals surface area (Å²) in [5.41, 5.74) is 5.94. The smallest absolute Gasteiger partial charge is 0.316 e. The van der Waals surface area contributed by atoms with Crippen molar-refractivity contribution < 1.29 is 14.3 Å². The zero-order valence-electron chi connectivity index (χ0n) is 11.3. The minimum atomic E-state index is -0.669. The van der Waals surface area contributed by atoms with Gasteiger partial charge in [0.2, 0.25) is 0 Å². The maximum Gasteiger partial charge on any atom is 0.316 e. The average molecular weight is 339 g/mol. The van der Waals surface area contributed by atoms with Gasteiger partial charge < -0.3 is 15.8 Å². The van der Waals surface area contributed by atoms with E-state index in [1.165, 1.54) is 0 Å². The minimum Gasteiger partial charge on any atom is -0.484 e. The Morgan fingerprint density at radius 2 is 1.77 bits per heavy atom. The maximum absolute atomic E-state index is 12.0. The van der Waals surface area contributed by atoms with Crippen LogP contribution >= 0.6 is 23.2 Å². The molecule has 0 aliphatic rings. The number of anilines is 1. The predicted molar refractivity (Wildman–Crippen MR) is 85.9 cm³/mol. The van der Waals surface area contributed by atoms with E-state index in [1.807, 2.05) is 0 Å². The number of benzene rings is 2. The first kappa shape index (κ1) is 16.1. The van der Waals surface area contributed by atoms with Crippen LogP contribution in [-0.2, 0) is 0 Å². The standard InChI is InChI=1S/C15H12Cl2N2O3/c16-11-2-1-3-13(14(11)17)22-8-12(20)9-4-6-10(7-5-9)19-15(18)21/h1-7H,8H2,(H3,18,19,21). The number of urea groups is 1. The van der Waals surface area contributed by atoms with Crippen molar-refractivity contribution in [3.8, 4) is 5.75 Å². The van der Waals surface area contributed by atoms with E-state index in [0.717, 1.165) is 0 Å². The first-order chi connectivity index (χ1) is 10.5. The topological polar surface area (TPSA) is 81.4 Å². The second kappa shape index (κ2) is 7.15. The van der Waals surface area contributed by atoms with Crippen LogP contribution in [0.3, 0.4) is 0 Å². The number of halogens is 2. The highest BCUT2D eigenvalue weighted by molar-refractivity contribution is 6.42. The number of ether oxygens (including phenoxy) is 1. The molecular formula is C15H12Cl2N2O3. The monoisotopic (exact) mass is 338 g/mol. The molecule has 0 aliphatic heterocycles. The second-order valence-corrected chi connectivity index (χ2v) is 5.12. The van der Waals surface area contributed by atoms with Crippen LogP contribution in [-0.4, -0.2) is 18.4 Å². The van der Waals surface area contributed by atoms with Gasteiger partial charge in [0.15, 0.2) is 12.4 Å². The van der Waals surface area contributed by atoms with E-state index >= 15 is 0 Å². The third kappa shape index (κ3) is 4.13. The third-order valence-corrected chi connectivity index (χ3v) is 3.55. The van der Waals surface area contributed by atoms with Gasteiger partial charge in [-0.2, -0.15) is 0 Å². The molecule has 0 radical (unpaired) electrons. The van der Waals surface area contributed by atoms with Gasteiger partial charge in [0.05, 0.1) is 5.02 Å². The zero-order chi connectivity index (χ0) is 16.1. The highest BCUT2D eigenvalue weighted by Gasteiger charge is 2.10. The number of rotatable bonds is 5. The molecule has 0 fully saturated rings. The highest BCUT2D eigenvalue weighted by Crippen LogP contribution is 2.31. The van der Waals surface area contributed by atoms with E-state index in [0.29, 0.717) is 22.0 Å². The normalized spacial score (nSPS) is 10.1. The molecule has 2 rings (SSSR count). The zero-order valence-corrected chi connectivity index (χ0v) is 12.8. The van der Waals surface area contributed by atoms with Gasteiger partial charge >= 0.3 is 6.03 Å². The lowest BCUT2D eigenvalue weighted by atomic mass is 10.1. The summed E-state index contributed by atoms with van der Waals surface area (Å²) in [5.74, 6) is 0.108. The maximum atomic E-state index is 12.0. The largest absolute Gasteiger partial charge is 0.484 e. The van der Waals surface area contributed by atoms with Crippen LogP contribution < -0.4 is 15.8 Å². The van der Waals surface area contributed by atoms with Gasteiger partial charge in [-0.15, -0.1) is 0 Å². The molecule has 0 spiro atoms. The lowest BCUT2D eigenvalue weighted by molar-refractivity contribution is 0.0921. The minimum absolute atomic E-state index is 0.178. The molecule has 22 heavy (non-hydrogen) atoms. The van der Waals surface area contributed by atoms with Gasteiger partial charge in [0.25, 0.3) is 0 Å². The molecular weight excluding hydrogens is 327 g/mol. The first-order valence-corrected chi connectivity index (χ1v) is 6.99. The molecule has 7 heteroatoms. The lowest BCUT2D eigenvalue weighted by Crippen LogP contribution is -2.19. The van der Waals surface area contributed by atoms with Crippen molar-refractivity contribution in [2.75, 3.05) is 11.9 Å². The lowest BCUT2D eigenvalue weighted by Gasteiger charge is -2.08. The molecule has 2 amide bonds. The molecule has 0 bridgehead atoms. The number of carbonyl (C=O) groups excluding carboxylic acids is 2. The summed E-state index contributed by atoms with van der Waals surface area (Å²) in [7, 11) is 0. The van der Waals surface area contributed by atoms with Gasteiger partial charge in [-0.1, -0.05) is 29.3 Å². The summed E-state index contributed by atoms with van der Waals surface area (Å²) in [6.45, 7) is -0.178. The molecule has 0 aromatic heterocycles. The molecule has 0 unspecified atom stereocenters. The van der Waals surface area contributed by atoms with Crippen LogP contribution in [0.15, 0.2) is 42.5 Å². The van der Waals surface area contributed by atoms with Crippen molar-refractivity contribution in [2.45, 2.75) is 0 Å². The summed E-state index contributed by atoms with van der Waals surface area (Å²) in [5, 5.41) is 3.02. The van der Waals surface area contributed by atoms with E-state index in [-0.39, 0.29) is 17.4 Å². The second-order valence-electron chi connectivity index (χ2n) is 4.33. The van der Waals surface area contributed by atoms with E-state index in [1.54, 1.807) is 42.5 Å². The van der Waals surface area contributed by atoms with Crippen molar-refractivity contribution in [3.05, 3.63) is 58.1 Å². The molecule has 0 heterocycles. The number of Topliss-reactive ketones (excluding diaryl/α,β-unsaturated/α-hetero) is 1. The fourth-order valence-electron chi connectivity index (χ4n) is 1.70. The van der Waals surface area contributed by atoms with Gasteiger partial charge in [-0.3, -0.25) is 4.79 Å². The number of nitrogens with two attached hydrogens (primary N) is 1. The Morgan fingerprint density at radius 1 is 1.09 bits per heavy atom. The molecule has 2 aromatic carbocycles. The van der Waals surface area contributed by atoms with Gasteiger partial charge in [-0.05, 0) is 36.4 Å². The molecule has 3 N–H and O–H groups in total. The van der Waals surface area contributed by atoms with Crippen LogP contribution in [0.1, 0.15) is 10.4 Å². The Bertz CT molecular complexity index is 702. The third-order valence-electron chi connectivity index (χ3n) is 2.75. The quantitative estimate of drug-likeness (QED) is 0.814. The molecule has 0 saturated heterocycles. The van der Waals surface area contributed by atoms with Gasteiger partial charge in [0, 0.05) is 11.3 Å². The summed E-state index contributed by atoms with van der Waals surface area (Å²) in [6.07, 6.45) is 0. The molecule has 0 aliphatic carbocycles. The summed E-state index contributed by atoms with van der Waals surface area (Å²) in [4.78, 5) is 22.7. The molecule has 5 nitrogen and oxygen atoms in total. The average Bonchev–Trinajstić information content (AvgIpc) is 2.48. The number of carbonyl (C=O) groups is 2. The highest BCUT2D eigenvalue weighted by atomic mass is 35.5. The Balaban J connectivity index is 2.00.